The Labute approximate surface area is 238 Å². The van der Waals surface area contributed by atoms with E-state index >= 15 is 0 Å². The van der Waals surface area contributed by atoms with E-state index in [4.69, 9.17) is 9.84 Å². The lowest BCUT2D eigenvalue weighted by molar-refractivity contribution is -0.274. The number of alkyl halides is 3. The normalized spacial score (nSPS) is 10.9. The van der Waals surface area contributed by atoms with Crippen LogP contribution < -0.4 is 19.7 Å². The van der Waals surface area contributed by atoms with Crippen LogP contribution in [0.15, 0.2) is 103 Å². The first kappa shape index (κ1) is 29.7. The molecule has 0 bridgehead atoms. The summed E-state index contributed by atoms with van der Waals surface area (Å²) in [4.78, 5) is 37.6. The van der Waals surface area contributed by atoms with E-state index in [0.717, 1.165) is 28.8 Å². The molecule has 0 fully saturated rings. The third kappa shape index (κ3) is 8.59. The van der Waals surface area contributed by atoms with Crippen LogP contribution in [0.1, 0.15) is 22.3 Å². The van der Waals surface area contributed by atoms with Crippen molar-refractivity contribution in [3.63, 3.8) is 0 Å². The minimum absolute atomic E-state index is 0.0385. The molecule has 0 heterocycles. The Morgan fingerprint density at radius 1 is 0.786 bits per heavy atom. The molecule has 0 atom stereocenters. The summed E-state index contributed by atoms with van der Waals surface area (Å²) < 4.78 is 47.3. The molecule has 4 rings (SSSR count). The molecule has 216 valence electrons. The number of nitrogens with zero attached hydrogens (tertiary/aromatic N) is 1. The lowest BCUT2D eigenvalue weighted by atomic mass is 10.0. The largest absolute Gasteiger partial charge is 0.573 e. The average molecular weight is 579 g/mol. The van der Waals surface area contributed by atoms with Crippen LogP contribution >= 0.6 is 0 Å². The summed E-state index contributed by atoms with van der Waals surface area (Å²) in [5, 5.41) is 11.3. The van der Waals surface area contributed by atoms with Crippen LogP contribution in [0.25, 0.3) is 11.1 Å². The van der Waals surface area contributed by atoms with Gasteiger partial charge in [0.25, 0.3) is 5.91 Å². The highest BCUT2D eigenvalue weighted by atomic mass is 19.4. The number of carboxylic acid groups (broad SMARTS) is 1. The third-order valence-electron chi connectivity index (χ3n) is 5.93. The first-order chi connectivity index (χ1) is 20.1. The number of nitrogens with one attached hydrogen (secondary N) is 1. The van der Waals surface area contributed by atoms with Gasteiger partial charge < -0.3 is 19.9 Å². The van der Waals surface area contributed by atoms with Gasteiger partial charge in [-0.1, -0.05) is 60.7 Å². The van der Waals surface area contributed by atoms with Crippen molar-refractivity contribution in [3.8, 4) is 22.6 Å². The Hall–Kier alpha value is -5.32. The summed E-state index contributed by atoms with van der Waals surface area (Å²) in [6.07, 6.45) is -6.03. The second-order valence-corrected chi connectivity index (χ2v) is 8.99. The lowest BCUT2D eigenvalue weighted by Crippen LogP contribution is -2.33. The van der Waals surface area contributed by atoms with Crippen LogP contribution in [0.4, 0.5) is 23.7 Å². The van der Waals surface area contributed by atoms with Gasteiger partial charge in [0, 0.05) is 23.9 Å². The minimum Gasteiger partial charge on any atom is -0.481 e. The number of anilines is 1. The summed E-state index contributed by atoms with van der Waals surface area (Å²) in [6, 6.07) is 27.7. The van der Waals surface area contributed by atoms with Gasteiger partial charge >= 0.3 is 18.4 Å². The van der Waals surface area contributed by atoms with Gasteiger partial charge in [0.05, 0.1) is 13.0 Å². The molecule has 0 aliphatic heterocycles. The third-order valence-corrected chi connectivity index (χ3v) is 5.93. The fraction of sp³-hybridized carbons (Fsp3) is 0.129. The van der Waals surface area contributed by atoms with E-state index in [1.807, 2.05) is 54.6 Å². The van der Waals surface area contributed by atoms with E-state index in [0.29, 0.717) is 5.69 Å². The molecule has 0 saturated carbocycles. The van der Waals surface area contributed by atoms with Crippen LogP contribution in [0.2, 0.25) is 0 Å². The summed E-state index contributed by atoms with van der Waals surface area (Å²) in [5.41, 5.74) is 3.29. The number of carbonyl (C=O) groups is 3. The molecular formula is C31H25F3N2O6. The number of amides is 2. The molecule has 0 saturated heterocycles. The van der Waals surface area contributed by atoms with Crippen molar-refractivity contribution in [2.24, 2.45) is 0 Å². The zero-order chi connectivity index (χ0) is 30.1. The van der Waals surface area contributed by atoms with Gasteiger partial charge in [-0.3, -0.25) is 14.5 Å². The molecule has 0 unspecified atom stereocenters. The fourth-order valence-electron chi connectivity index (χ4n) is 3.95. The summed E-state index contributed by atoms with van der Waals surface area (Å²) in [5.74, 6) is -2.25. The van der Waals surface area contributed by atoms with Gasteiger partial charge in [0.2, 0.25) is 0 Å². The monoisotopic (exact) mass is 578 g/mol. The van der Waals surface area contributed by atoms with Crippen LogP contribution in [-0.2, 0) is 11.3 Å². The van der Waals surface area contributed by atoms with E-state index in [1.54, 1.807) is 0 Å². The predicted molar refractivity (Wildman–Crippen MR) is 148 cm³/mol. The number of carbonyl (C=O) groups excluding carboxylic acids is 2. The Kier molecular flexibility index (Phi) is 9.43. The predicted octanol–water partition coefficient (Wildman–Crippen LogP) is 6.66. The number of rotatable bonds is 10. The topological polar surface area (TPSA) is 105 Å². The molecular weight excluding hydrogens is 553 g/mol. The van der Waals surface area contributed by atoms with Crippen molar-refractivity contribution < 1.29 is 42.1 Å². The average Bonchev–Trinajstić information content (AvgIpc) is 2.96. The Morgan fingerprint density at radius 2 is 1.43 bits per heavy atom. The highest BCUT2D eigenvalue weighted by Crippen LogP contribution is 2.28. The van der Waals surface area contributed by atoms with E-state index in [9.17, 15) is 27.6 Å². The molecule has 8 nitrogen and oxygen atoms in total. The number of ether oxygens (including phenoxy) is 2. The highest BCUT2D eigenvalue weighted by Gasteiger charge is 2.31. The zero-order valence-electron chi connectivity index (χ0n) is 22.0. The van der Waals surface area contributed by atoms with Crippen LogP contribution in [0, 0.1) is 0 Å². The molecule has 2 N–H and O–H groups in total. The van der Waals surface area contributed by atoms with Crippen molar-refractivity contribution in [1.29, 1.82) is 0 Å². The Bertz CT molecular complexity index is 1530. The minimum atomic E-state index is -4.91. The van der Waals surface area contributed by atoms with Crippen molar-refractivity contribution >= 4 is 23.7 Å². The first-order valence-electron chi connectivity index (χ1n) is 12.7. The Morgan fingerprint density at radius 3 is 2.07 bits per heavy atom. The highest BCUT2D eigenvalue weighted by molar-refractivity contribution is 5.95. The number of hydrogen-bond donors (Lipinski definition) is 2. The van der Waals surface area contributed by atoms with Gasteiger partial charge in [-0.2, -0.15) is 0 Å². The van der Waals surface area contributed by atoms with E-state index < -0.39 is 30.1 Å². The van der Waals surface area contributed by atoms with Gasteiger partial charge in [-0.15, -0.1) is 13.2 Å². The van der Waals surface area contributed by atoms with Crippen LogP contribution in [0.3, 0.4) is 0 Å². The molecule has 4 aromatic rings. The number of carboxylic acids is 1. The van der Waals surface area contributed by atoms with Gasteiger partial charge in [0.1, 0.15) is 11.5 Å². The quantitative estimate of drug-likeness (QED) is 0.218. The molecule has 0 aromatic heterocycles. The molecule has 2 amide bonds. The van der Waals surface area contributed by atoms with Crippen LogP contribution in [-0.4, -0.2) is 36.0 Å². The molecule has 0 aliphatic rings. The first-order valence-corrected chi connectivity index (χ1v) is 12.7. The van der Waals surface area contributed by atoms with Crippen LogP contribution in [0.5, 0.6) is 11.5 Å². The summed E-state index contributed by atoms with van der Waals surface area (Å²) >= 11 is 0. The van der Waals surface area contributed by atoms with Crippen molar-refractivity contribution in [1.82, 2.24) is 5.32 Å². The van der Waals surface area contributed by atoms with Gasteiger partial charge in [0.15, 0.2) is 0 Å². The van der Waals surface area contributed by atoms with Crippen molar-refractivity contribution in [2.45, 2.75) is 19.3 Å². The van der Waals surface area contributed by atoms with E-state index in [1.165, 1.54) is 41.3 Å². The van der Waals surface area contributed by atoms with Crippen molar-refractivity contribution in [2.75, 3.05) is 11.4 Å². The molecule has 4 aromatic carbocycles. The zero-order valence-corrected chi connectivity index (χ0v) is 22.0. The summed E-state index contributed by atoms with van der Waals surface area (Å²) in [7, 11) is 0. The van der Waals surface area contributed by atoms with Crippen molar-refractivity contribution in [3.05, 3.63) is 114 Å². The van der Waals surface area contributed by atoms with E-state index in [-0.39, 0.29) is 30.8 Å². The van der Waals surface area contributed by atoms with Gasteiger partial charge in [-0.05, 0) is 53.1 Å². The van der Waals surface area contributed by atoms with Gasteiger partial charge in [-0.25, -0.2) is 4.79 Å². The molecule has 42 heavy (non-hydrogen) atoms. The molecule has 0 radical (unpaired) electrons. The molecule has 11 heteroatoms. The Balaban J connectivity index is 1.56. The number of hydrogen-bond acceptors (Lipinski definition) is 5. The second kappa shape index (κ2) is 13.4. The molecule has 0 spiro atoms. The molecule has 0 aliphatic carbocycles. The maximum Gasteiger partial charge on any atom is 0.573 e. The number of halogens is 3. The standard InChI is InChI=1S/C31H25F3N2O6/c32-31(33,34)42-27-8-4-7-26(19-27)41-30(40)36(20-21-9-11-23(12-10-21)22-5-2-1-3-6-22)25-15-13-24(14-16-25)29(39)35-18-17-28(37)38/h1-16,19H,17-18,20H2,(H,35,39)(H,37,38). The number of benzene rings is 4. The summed E-state index contributed by atoms with van der Waals surface area (Å²) in [6.45, 7) is -0.0126. The second-order valence-electron chi connectivity index (χ2n) is 8.99. The maximum atomic E-state index is 13.3. The maximum absolute atomic E-state index is 13.3. The number of aliphatic carboxylic acids is 1. The fourth-order valence-corrected chi connectivity index (χ4v) is 3.95. The smallest absolute Gasteiger partial charge is 0.481 e. The van der Waals surface area contributed by atoms with E-state index in [2.05, 4.69) is 10.1 Å². The SMILES string of the molecule is O=C(O)CCNC(=O)c1ccc(N(Cc2ccc(-c3ccccc3)cc2)C(=O)Oc2cccc(OC(F)(F)F)c2)cc1. The lowest BCUT2D eigenvalue weighted by Gasteiger charge is -2.23.